The van der Waals surface area contributed by atoms with Crippen molar-refractivity contribution in [3.8, 4) is 6.07 Å². The summed E-state index contributed by atoms with van der Waals surface area (Å²) in [6.45, 7) is 3.65. The number of benzene rings is 1. The fourth-order valence-corrected chi connectivity index (χ4v) is 3.45. The number of aromatic nitrogens is 1. The van der Waals surface area contributed by atoms with Gasteiger partial charge in [-0.25, -0.2) is 9.37 Å². The minimum Gasteiger partial charge on any atom is -0.423 e. The third-order valence-corrected chi connectivity index (χ3v) is 5.22. The van der Waals surface area contributed by atoms with Gasteiger partial charge in [0.25, 0.3) is 0 Å². The normalized spacial score (nSPS) is 18.4. The number of oxazole rings is 1. The zero-order chi connectivity index (χ0) is 17.4. The van der Waals surface area contributed by atoms with Crippen LogP contribution < -0.4 is 4.90 Å². The van der Waals surface area contributed by atoms with E-state index in [9.17, 15) is 9.65 Å². The lowest BCUT2D eigenvalue weighted by atomic mass is 10.2. The minimum atomic E-state index is -0.187. The van der Waals surface area contributed by atoms with Crippen LogP contribution in [0.2, 0.25) is 0 Å². The maximum Gasteiger partial charge on any atom is 0.234 e. The van der Waals surface area contributed by atoms with Crippen molar-refractivity contribution in [2.45, 2.75) is 25.3 Å². The van der Waals surface area contributed by atoms with E-state index in [1.165, 1.54) is 6.07 Å². The van der Waals surface area contributed by atoms with Gasteiger partial charge in [-0.3, -0.25) is 4.90 Å². The molecule has 2 aromatic rings. The zero-order valence-electron chi connectivity index (χ0n) is 13.7. The molecule has 0 amide bonds. The van der Waals surface area contributed by atoms with E-state index < -0.39 is 0 Å². The third-order valence-electron chi connectivity index (χ3n) is 4.73. The number of halogens is 2. The Balaban J connectivity index is 1.40. The average molecular weight is 405 g/mol. The van der Waals surface area contributed by atoms with E-state index in [4.69, 9.17) is 4.42 Å². The van der Waals surface area contributed by atoms with Crippen molar-refractivity contribution in [3.63, 3.8) is 0 Å². The van der Waals surface area contributed by atoms with E-state index in [-0.39, 0.29) is 5.82 Å². The van der Waals surface area contributed by atoms with Gasteiger partial charge in [-0.2, -0.15) is 5.26 Å². The van der Waals surface area contributed by atoms with E-state index in [0.717, 1.165) is 43.5 Å². The number of hydrogen-bond donors (Lipinski definition) is 0. The van der Waals surface area contributed by atoms with Crippen molar-refractivity contribution in [2.75, 3.05) is 31.1 Å². The molecule has 130 valence electrons. The molecule has 1 aromatic carbocycles. The molecule has 4 rings (SSSR count). The van der Waals surface area contributed by atoms with Crippen LogP contribution in [0.1, 0.15) is 35.9 Å². The predicted molar refractivity (Wildman–Crippen MR) is 94.8 cm³/mol. The maximum absolute atomic E-state index is 14.0. The first kappa shape index (κ1) is 16.6. The molecule has 2 heterocycles. The quantitative estimate of drug-likeness (QED) is 0.778. The highest BCUT2D eigenvalue weighted by Crippen LogP contribution is 2.41. The second-order valence-corrected chi connectivity index (χ2v) is 7.51. The van der Waals surface area contributed by atoms with Crippen molar-refractivity contribution in [1.29, 1.82) is 5.26 Å². The molecule has 0 bridgehead atoms. The highest BCUT2D eigenvalue weighted by atomic mass is 79.9. The molecule has 1 aliphatic heterocycles. The first-order chi connectivity index (χ1) is 12.1. The van der Waals surface area contributed by atoms with Gasteiger partial charge in [0.05, 0.1) is 0 Å². The predicted octanol–water partition coefficient (Wildman–Crippen LogP) is 3.65. The molecule has 25 heavy (non-hydrogen) atoms. The topological polar surface area (TPSA) is 56.3 Å². The van der Waals surface area contributed by atoms with Crippen LogP contribution in [-0.4, -0.2) is 36.1 Å². The molecule has 0 N–H and O–H groups in total. The van der Waals surface area contributed by atoms with Crippen LogP contribution in [0, 0.1) is 17.1 Å². The summed E-state index contributed by atoms with van der Waals surface area (Å²) in [6, 6.07) is 7.32. The Kier molecular flexibility index (Phi) is 4.48. The standard InChI is InChI=1S/C18H18BrFN4O/c19-14-4-3-13(15(20)9-14)11-23-5-7-24(8-6-23)18-16(10-21)22-17(25-18)12-1-2-12/h3-4,9,12H,1-2,5-8,11H2. The van der Waals surface area contributed by atoms with Gasteiger partial charge in [-0.15, -0.1) is 0 Å². The highest BCUT2D eigenvalue weighted by Gasteiger charge is 2.32. The maximum atomic E-state index is 14.0. The van der Waals surface area contributed by atoms with Gasteiger partial charge in [0.2, 0.25) is 17.5 Å². The summed E-state index contributed by atoms with van der Waals surface area (Å²) < 4.78 is 20.6. The van der Waals surface area contributed by atoms with Gasteiger partial charge in [0.1, 0.15) is 11.9 Å². The lowest BCUT2D eigenvalue weighted by Gasteiger charge is -2.34. The van der Waals surface area contributed by atoms with Crippen molar-refractivity contribution < 1.29 is 8.81 Å². The van der Waals surface area contributed by atoms with Crippen LogP contribution in [-0.2, 0) is 6.54 Å². The van der Waals surface area contributed by atoms with Gasteiger partial charge >= 0.3 is 0 Å². The van der Waals surface area contributed by atoms with Crippen LogP contribution in [0.5, 0.6) is 0 Å². The van der Waals surface area contributed by atoms with Crippen molar-refractivity contribution in [2.24, 2.45) is 0 Å². The first-order valence-electron chi connectivity index (χ1n) is 8.46. The summed E-state index contributed by atoms with van der Waals surface area (Å²) in [7, 11) is 0. The molecular formula is C18H18BrFN4O. The monoisotopic (exact) mass is 404 g/mol. The van der Waals surface area contributed by atoms with E-state index in [1.54, 1.807) is 0 Å². The molecule has 1 aromatic heterocycles. The molecule has 2 fully saturated rings. The van der Waals surface area contributed by atoms with Crippen LogP contribution in [0.15, 0.2) is 27.1 Å². The second-order valence-electron chi connectivity index (χ2n) is 6.59. The zero-order valence-corrected chi connectivity index (χ0v) is 15.3. The fraction of sp³-hybridized carbons (Fsp3) is 0.444. The lowest BCUT2D eigenvalue weighted by molar-refractivity contribution is 0.242. The molecule has 1 aliphatic carbocycles. The van der Waals surface area contributed by atoms with Crippen LogP contribution in [0.4, 0.5) is 10.3 Å². The number of nitriles is 1. The summed E-state index contributed by atoms with van der Waals surface area (Å²) in [5, 5.41) is 9.31. The Morgan fingerprint density at radius 1 is 1.28 bits per heavy atom. The number of rotatable bonds is 4. The Hall–Kier alpha value is -1.91. The van der Waals surface area contributed by atoms with Gasteiger partial charge in [0.15, 0.2) is 0 Å². The molecule has 0 unspecified atom stereocenters. The van der Waals surface area contributed by atoms with Crippen molar-refractivity contribution in [1.82, 2.24) is 9.88 Å². The molecule has 0 spiro atoms. The Morgan fingerprint density at radius 2 is 2.04 bits per heavy atom. The largest absolute Gasteiger partial charge is 0.423 e. The van der Waals surface area contributed by atoms with Gasteiger partial charge in [0, 0.05) is 48.7 Å². The molecular weight excluding hydrogens is 387 g/mol. The fourth-order valence-electron chi connectivity index (χ4n) is 3.12. The summed E-state index contributed by atoms with van der Waals surface area (Å²) in [4.78, 5) is 8.63. The number of nitrogens with zero attached hydrogens (tertiary/aromatic N) is 4. The number of anilines is 1. The second kappa shape index (κ2) is 6.77. The third kappa shape index (κ3) is 3.55. The SMILES string of the molecule is N#Cc1nc(C2CC2)oc1N1CCN(Cc2ccc(Br)cc2F)CC1. The van der Waals surface area contributed by atoms with E-state index in [1.807, 2.05) is 12.1 Å². The lowest BCUT2D eigenvalue weighted by Crippen LogP contribution is -2.46. The molecule has 7 heteroatoms. The summed E-state index contributed by atoms with van der Waals surface area (Å²) in [5.41, 5.74) is 1.08. The Morgan fingerprint density at radius 3 is 2.68 bits per heavy atom. The van der Waals surface area contributed by atoms with Gasteiger partial charge in [-0.05, 0) is 25.0 Å². The molecule has 1 saturated heterocycles. The van der Waals surface area contributed by atoms with E-state index in [2.05, 4.69) is 36.8 Å². The Bertz CT molecular complexity index is 819. The molecule has 1 saturated carbocycles. The van der Waals surface area contributed by atoms with Crippen molar-refractivity contribution >= 4 is 21.8 Å². The highest BCUT2D eigenvalue weighted by molar-refractivity contribution is 9.10. The smallest absolute Gasteiger partial charge is 0.234 e. The van der Waals surface area contributed by atoms with Gasteiger partial charge < -0.3 is 9.32 Å². The summed E-state index contributed by atoms with van der Waals surface area (Å²) >= 11 is 3.28. The number of hydrogen-bond acceptors (Lipinski definition) is 5. The summed E-state index contributed by atoms with van der Waals surface area (Å²) in [6.07, 6.45) is 2.19. The van der Waals surface area contributed by atoms with Crippen LogP contribution in [0.25, 0.3) is 0 Å². The first-order valence-corrected chi connectivity index (χ1v) is 9.25. The Labute approximate surface area is 154 Å². The average Bonchev–Trinajstić information content (AvgIpc) is 3.37. The molecule has 0 radical (unpaired) electrons. The molecule has 0 atom stereocenters. The van der Waals surface area contributed by atoms with Crippen LogP contribution in [0.3, 0.4) is 0 Å². The molecule has 5 nitrogen and oxygen atoms in total. The van der Waals surface area contributed by atoms with Gasteiger partial charge in [-0.1, -0.05) is 22.0 Å². The summed E-state index contributed by atoms with van der Waals surface area (Å²) in [5.74, 6) is 1.50. The van der Waals surface area contributed by atoms with E-state index >= 15 is 0 Å². The number of piperazine rings is 1. The van der Waals surface area contributed by atoms with Crippen LogP contribution >= 0.6 is 15.9 Å². The van der Waals surface area contributed by atoms with E-state index in [0.29, 0.717) is 35.5 Å². The van der Waals surface area contributed by atoms with Crippen molar-refractivity contribution in [3.05, 3.63) is 45.6 Å². The minimum absolute atomic E-state index is 0.187. The molecule has 2 aliphatic rings.